The second-order valence-electron chi connectivity index (χ2n) is 4.13. The lowest BCUT2D eigenvalue weighted by Crippen LogP contribution is -2.21. The Balaban J connectivity index is 2.09. The minimum Gasteiger partial charge on any atom is -0.494 e. The number of primary amides is 1. The molecule has 1 fully saturated rings. The molecule has 0 atom stereocenters. The maximum Gasteiger partial charge on any atom is 0.254 e. The predicted molar refractivity (Wildman–Crippen MR) is 87.9 cm³/mol. The quantitative estimate of drug-likeness (QED) is 0.496. The first-order valence-electron chi connectivity index (χ1n) is 6.36. The highest BCUT2D eigenvalue weighted by Crippen LogP contribution is 2.45. The third-order valence-electron chi connectivity index (χ3n) is 2.70. The largest absolute Gasteiger partial charge is 0.494 e. The number of amides is 1. The van der Waals surface area contributed by atoms with Crippen molar-refractivity contribution in [1.29, 1.82) is 0 Å². The number of benzene rings is 1. The molecule has 6 heteroatoms. The van der Waals surface area contributed by atoms with Crippen molar-refractivity contribution in [2.75, 3.05) is 11.7 Å². The van der Waals surface area contributed by atoms with E-state index in [0.29, 0.717) is 10.8 Å². The average Bonchev–Trinajstić information content (AvgIpc) is 2.41. The fourth-order valence-electron chi connectivity index (χ4n) is 1.68. The van der Waals surface area contributed by atoms with Gasteiger partial charge in [0, 0.05) is 5.08 Å². The second-order valence-corrected chi connectivity index (χ2v) is 6.73. The predicted octanol–water partition coefficient (Wildman–Crippen LogP) is 2.80. The Labute approximate surface area is 131 Å². The number of carbonyl (C=O) groups is 2. The molecule has 0 aliphatic carbocycles. The monoisotopic (exact) mass is 321 g/mol. The topological polar surface area (TPSA) is 69.4 Å². The summed E-state index contributed by atoms with van der Waals surface area (Å²) in [6.45, 7) is 2.53. The standard InChI is InChI=1S/C15H15NO3S2/c1-2-19-11-6-3-10(4-7-11)5-8-12(17)13(14(16)18)15-20-9-21-15/h3-8H,2,9H2,1H3,(H2,16,18). The molecule has 0 radical (unpaired) electrons. The zero-order valence-corrected chi connectivity index (χ0v) is 13.1. The molecule has 1 amide bonds. The highest BCUT2D eigenvalue weighted by molar-refractivity contribution is 8.37. The normalized spacial score (nSPS) is 13.9. The van der Waals surface area contributed by atoms with Crippen LogP contribution in [0, 0.1) is 0 Å². The first kappa shape index (κ1) is 15.7. The lowest BCUT2D eigenvalue weighted by Gasteiger charge is -2.17. The van der Waals surface area contributed by atoms with E-state index in [0.717, 1.165) is 16.4 Å². The molecule has 1 aromatic carbocycles. The Morgan fingerprint density at radius 2 is 1.95 bits per heavy atom. The maximum atomic E-state index is 12.1. The zero-order chi connectivity index (χ0) is 15.2. The van der Waals surface area contributed by atoms with Crippen LogP contribution in [0.25, 0.3) is 6.08 Å². The summed E-state index contributed by atoms with van der Waals surface area (Å²) in [5.74, 6) is -0.250. The van der Waals surface area contributed by atoms with Crippen LogP contribution in [0.1, 0.15) is 12.5 Å². The first-order valence-corrected chi connectivity index (χ1v) is 8.34. The summed E-state index contributed by atoms with van der Waals surface area (Å²) >= 11 is 2.94. The van der Waals surface area contributed by atoms with Gasteiger partial charge in [-0.05, 0) is 30.7 Å². The van der Waals surface area contributed by atoms with Crippen molar-refractivity contribution < 1.29 is 14.3 Å². The van der Waals surface area contributed by atoms with E-state index in [1.54, 1.807) is 6.08 Å². The number of thioether (sulfide) groups is 2. The smallest absolute Gasteiger partial charge is 0.254 e. The average molecular weight is 321 g/mol. The van der Waals surface area contributed by atoms with Gasteiger partial charge in [-0.2, -0.15) is 0 Å². The lowest BCUT2D eigenvalue weighted by atomic mass is 10.1. The molecule has 110 valence electrons. The number of ketones is 1. The number of carbonyl (C=O) groups excluding carboxylic acids is 2. The van der Waals surface area contributed by atoms with Gasteiger partial charge in [-0.25, -0.2) is 0 Å². The second kappa shape index (κ2) is 7.38. The lowest BCUT2D eigenvalue weighted by molar-refractivity contribution is -0.118. The molecule has 21 heavy (non-hydrogen) atoms. The van der Waals surface area contributed by atoms with Crippen LogP contribution in [0.3, 0.4) is 0 Å². The van der Waals surface area contributed by atoms with Gasteiger partial charge in [0.25, 0.3) is 5.91 Å². The Bertz CT molecular complexity index is 600. The number of rotatable bonds is 6. The van der Waals surface area contributed by atoms with Crippen LogP contribution in [0.5, 0.6) is 5.75 Å². The fourth-order valence-corrected chi connectivity index (χ4v) is 3.32. The van der Waals surface area contributed by atoms with Crippen LogP contribution in [-0.4, -0.2) is 23.4 Å². The molecule has 1 aliphatic rings. The summed E-state index contributed by atoms with van der Waals surface area (Å²) in [5.41, 5.74) is 6.21. The van der Waals surface area contributed by atoms with Crippen molar-refractivity contribution >= 4 is 41.3 Å². The van der Waals surface area contributed by atoms with Crippen LogP contribution in [0.2, 0.25) is 0 Å². The van der Waals surface area contributed by atoms with Gasteiger partial charge in [-0.15, -0.1) is 23.5 Å². The molecule has 0 bridgehead atoms. The summed E-state index contributed by atoms with van der Waals surface area (Å²) in [6, 6.07) is 7.36. The molecule has 4 nitrogen and oxygen atoms in total. The van der Waals surface area contributed by atoms with Crippen LogP contribution in [0.4, 0.5) is 0 Å². The van der Waals surface area contributed by atoms with E-state index in [9.17, 15) is 9.59 Å². The summed E-state index contributed by atoms with van der Waals surface area (Å²) in [5, 5.41) is 0.849. The molecule has 1 aliphatic heterocycles. The molecule has 1 saturated heterocycles. The molecule has 0 aromatic heterocycles. The van der Waals surface area contributed by atoms with Crippen molar-refractivity contribution in [3.05, 3.63) is 45.7 Å². The summed E-state index contributed by atoms with van der Waals surface area (Å²) < 4.78 is 6.06. The molecule has 0 saturated carbocycles. The van der Waals surface area contributed by atoms with Crippen molar-refractivity contribution in [2.24, 2.45) is 5.73 Å². The minimum absolute atomic E-state index is 0.0819. The van der Waals surface area contributed by atoms with Gasteiger partial charge >= 0.3 is 0 Å². The SMILES string of the molecule is CCOc1ccc(C=CC(=O)C(C(N)=O)=C2SCS2)cc1. The van der Waals surface area contributed by atoms with E-state index in [4.69, 9.17) is 10.5 Å². The molecule has 2 rings (SSSR count). The summed E-state index contributed by atoms with van der Waals surface area (Å²) in [6.07, 6.45) is 3.04. The third-order valence-corrected chi connectivity index (χ3v) is 5.28. The highest BCUT2D eigenvalue weighted by atomic mass is 32.3. The fraction of sp³-hybridized carbons (Fsp3) is 0.200. The van der Waals surface area contributed by atoms with Crippen LogP contribution < -0.4 is 10.5 Å². The van der Waals surface area contributed by atoms with Gasteiger partial charge in [0.1, 0.15) is 11.3 Å². The minimum atomic E-state index is -0.675. The maximum absolute atomic E-state index is 12.1. The van der Waals surface area contributed by atoms with E-state index < -0.39 is 5.91 Å². The number of allylic oxidation sites excluding steroid dienone is 1. The van der Waals surface area contributed by atoms with Gasteiger partial charge in [-0.1, -0.05) is 18.2 Å². The highest BCUT2D eigenvalue weighted by Gasteiger charge is 2.24. The van der Waals surface area contributed by atoms with E-state index in [2.05, 4.69) is 0 Å². The summed E-state index contributed by atoms with van der Waals surface area (Å²) in [4.78, 5) is 23.4. The summed E-state index contributed by atoms with van der Waals surface area (Å²) in [7, 11) is 0. The number of nitrogens with two attached hydrogens (primary N) is 1. The first-order chi connectivity index (χ1) is 10.1. The van der Waals surface area contributed by atoms with E-state index in [-0.39, 0.29) is 11.4 Å². The van der Waals surface area contributed by atoms with Crippen LogP contribution >= 0.6 is 23.5 Å². The van der Waals surface area contributed by atoms with E-state index in [1.165, 1.54) is 29.6 Å². The van der Waals surface area contributed by atoms with Crippen LogP contribution in [-0.2, 0) is 9.59 Å². The zero-order valence-electron chi connectivity index (χ0n) is 11.5. The van der Waals surface area contributed by atoms with Gasteiger partial charge in [0.15, 0.2) is 5.78 Å². The molecule has 0 unspecified atom stereocenters. The van der Waals surface area contributed by atoms with Gasteiger partial charge < -0.3 is 10.5 Å². The van der Waals surface area contributed by atoms with Crippen LogP contribution in [0.15, 0.2) is 40.2 Å². The number of hydrogen-bond acceptors (Lipinski definition) is 5. The van der Waals surface area contributed by atoms with Crippen molar-refractivity contribution in [1.82, 2.24) is 0 Å². The molecular weight excluding hydrogens is 306 g/mol. The molecular formula is C15H15NO3S2. The Kier molecular flexibility index (Phi) is 5.52. The van der Waals surface area contributed by atoms with E-state index >= 15 is 0 Å². The van der Waals surface area contributed by atoms with Crippen molar-refractivity contribution in [3.8, 4) is 5.75 Å². The molecule has 2 N–H and O–H groups in total. The Morgan fingerprint density at radius 1 is 1.29 bits per heavy atom. The molecule has 1 aromatic rings. The third kappa shape index (κ3) is 4.15. The molecule has 1 heterocycles. The Morgan fingerprint density at radius 3 is 2.43 bits per heavy atom. The van der Waals surface area contributed by atoms with Gasteiger partial charge in [0.2, 0.25) is 0 Å². The van der Waals surface area contributed by atoms with Crippen molar-refractivity contribution in [3.63, 3.8) is 0 Å². The molecule has 0 spiro atoms. The van der Waals surface area contributed by atoms with E-state index in [1.807, 2.05) is 31.2 Å². The van der Waals surface area contributed by atoms with Crippen molar-refractivity contribution in [2.45, 2.75) is 6.92 Å². The Hall–Kier alpha value is -1.66. The van der Waals surface area contributed by atoms with Gasteiger partial charge in [-0.3, -0.25) is 9.59 Å². The number of ether oxygens (including phenoxy) is 1. The number of hydrogen-bond donors (Lipinski definition) is 1. The van der Waals surface area contributed by atoms with Gasteiger partial charge in [0.05, 0.1) is 10.8 Å².